The number of aliphatic hydroxyl groups excluding tert-OH is 2. The van der Waals surface area contributed by atoms with Gasteiger partial charge < -0.3 is 39.6 Å². The van der Waals surface area contributed by atoms with Crippen LogP contribution in [0.15, 0.2) is 24.3 Å². The first kappa shape index (κ1) is 31.8. The lowest BCUT2D eigenvalue weighted by atomic mass is 9.80. The number of aliphatic carboxylic acids is 2. The topological polar surface area (TPSA) is 144 Å². The number of nitrogens with one attached hydrogen (secondary N) is 1. The van der Waals surface area contributed by atoms with Crippen LogP contribution in [0.4, 0.5) is 5.69 Å². The first-order chi connectivity index (χ1) is 16.6. The number of piperidine rings is 1. The summed E-state index contributed by atoms with van der Waals surface area (Å²) in [6.07, 6.45) is -2.58. The first-order valence-electron chi connectivity index (χ1n) is 12.4. The van der Waals surface area contributed by atoms with Crippen molar-refractivity contribution in [3.63, 3.8) is 0 Å². The van der Waals surface area contributed by atoms with Crippen LogP contribution in [-0.2, 0) is 14.3 Å². The highest BCUT2D eigenvalue weighted by atomic mass is 16.7. The number of methoxy groups -OCH3 is 1. The van der Waals surface area contributed by atoms with E-state index in [4.69, 9.17) is 19.8 Å². The van der Waals surface area contributed by atoms with Gasteiger partial charge in [0, 0.05) is 32.1 Å². The zero-order valence-corrected chi connectivity index (χ0v) is 22.9. The molecule has 2 rings (SSSR count). The molecule has 1 aliphatic heterocycles. The van der Waals surface area contributed by atoms with Gasteiger partial charge in [0.1, 0.15) is 29.0 Å². The summed E-state index contributed by atoms with van der Waals surface area (Å²) < 4.78 is 6.70. The highest BCUT2D eigenvalue weighted by Gasteiger charge is 2.52. The molecular formula is C26H44N2O8. The fraction of sp³-hybridized carbons (Fsp3) is 0.692. The van der Waals surface area contributed by atoms with Crippen LogP contribution in [-0.4, -0.2) is 78.3 Å². The molecule has 10 heteroatoms. The summed E-state index contributed by atoms with van der Waals surface area (Å²) >= 11 is 0. The van der Waals surface area contributed by atoms with Crippen LogP contribution in [0.1, 0.15) is 61.3 Å². The van der Waals surface area contributed by atoms with Crippen molar-refractivity contribution in [1.29, 1.82) is 0 Å². The molecule has 0 amide bonds. The van der Waals surface area contributed by atoms with E-state index in [0.717, 1.165) is 42.7 Å². The van der Waals surface area contributed by atoms with Crippen molar-refractivity contribution in [2.45, 2.75) is 90.7 Å². The van der Waals surface area contributed by atoms with E-state index < -0.39 is 24.1 Å². The Morgan fingerprint density at radius 2 is 1.33 bits per heavy atom. The van der Waals surface area contributed by atoms with Gasteiger partial charge in [-0.15, -0.1) is 5.06 Å². The van der Waals surface area contributed by atoms with Gasteiger partial charge in [-0.05, 0) is 60.6 Å². The maximum absolute atomic E-state index is 9.63. The molecule has 2 unspecified atom stereocenters. The van der Waals surface area contributed by atoms with E-state index in [1.165, 1.54) is 10.8 Å². The van der Waals surface area contributed by atoms with Crippen LogP contribution >= 0.6 is 0 Å². The Morgan fingerprint density at radius 1 is 0.944 bits per heavy atom. The van der Waals surface area contributed by atoms with Crippen molar-refractivity contribution in [2.75, 3.05) is 26.7 Å². The number of ether oxygens (including phenoxy) is 1. The summed E-state index contributed by atoms with van der Waals surface area (Å²) in [5, 5.41) is 36.9. The average molecular weight is 513 g/mol. The Hall–Kier alpha value is -2.24. The van der Waals surface area contributed by atoms with Gasteiger partial charge in [-0.3, -0.25) is 4.48 Å². The molecule has 1 aromatic rings. The zero-order chi connectivity index (χ0) is 27.9. The molecule has 1 heterocycles. The number of carbonyl (C=O) groups is 2. The number of hydroxylamine groups is 2. The highest BCUT2D eigenvalue weighted by molar-refractivity contribution is 5.80. The number of rotatable bonds is 10. The minimum absolute atomic E-state index is 0.00280. The lowest BCUT2D eigenvalue weighted by Crippen LogP contribution is -3.28. The molecule has 1 aromatic carbocycles. The lowest BCUT2D eigenvalue weighted by molar-refractivity contribution is -1.14. The predicted octanol–water partition coefficient (Wildman–Crippen LogP) is -1.19. The Balaban J connectivity index is 0.000000548. The standard InChI is InChI=1S/C22H39N2O2.C4H6O6/c1-9-24(10-2,11-3)18-12-14-19(15-13-18)26-23-21(4,5)16-20(25-8)17-22(23,6)7;5-1(3(7)8)2(6)4(9)10/h12-15,20H,9-11,16-17H2,1-8H3;1-2,5-6H,(H,7,8)(H,9,10)/q+1;/p-1. The van der Waals surface area contributed by atoms with Crippen molar-refractivity contribution in [2.24, 2.45) is 0 Å². The molecule has 0 radical (unpaired) electrons. The van der Waals surface area contributed by atoms with E-state index in [9.17, 15) is 19.8 Å². The normalized spacial score (nSPS) is 22.5. The summed E-state index contributed by atoms with van der Waals surface area (Å²) in [5.41, 5.74) is 1.37. The summed E-state index contributed by atoms with van der Waals surface area (Å²) in [5.74, 6) is -3.17. The van der Waals surface area contributed by atoms with Gasteiger partial charge in [0.15, 0.2) is 5.75 Å². The van der Waals surface area contributed by atoms with E-state index in [0.29, 0.717) is 6.10 Å². The van der Waals surface area contributed by atoms with E-state index in [2.05, 4.69) is 72.7 Å². The molecule has 10 nitrogen and oxygen atoms in total. The van der Waals surface area contributed by atoms with Crippen molar-refractivity contribution in [3.8, 4) is 5.75 Å². The number of carboxylic acids is 2. The molecule has 0 aromatic heterocycles. The van der Waals surface area contributed by atoms with Crippen molar-refractivity contribution in [3.05, 3.63) is 24.3 Å². The van der Waals surface area contributed by atoms with Crippen molar-refractivity contribution < 1.29 is 44.7 Å². The van der Waals surface area contributed by atoms with Crippen LogP contribution in [0.5, 0.6) is 5.75 Å². The van der Waals surface area contributed by atoms with Gasteiger partial charge in [0.2, 0.25) is 0 Å². The Labute approximate surface area is 214 Å². The van der Waals surface area contributed by atoms with E-state index in [-0.39, 0.29) is 11.1 Å². The fourth-order valence-corrected chi connectivity index (χ4v) is 5.18. The highest BCUT2D eigenvalue weighted by Crippen LogP contribution is 2.28. The molecule has 0 saturated carbocycles. The molecule has 206 valence electrons. The smallest absolute Gasteiger partial charge is 0.190 e. The molecule has 2 atom stereocenters. The van der Waals surface area contributed by atoms with Gasteiger partial charge in [0.25, 0.3) is 0 Å². The maximum Gasteiger partial charge on any atom is 0.190 e. The van der Waals surface area contributed by atoms with E-state index >= 15 is 0 Å². The number of quaternary nitrogens is 2. The third-order valence-corrected chi connectivity index (χ3v) is 7.24. The second-order valence-electron chi connectivity index (χ2n) is 10.6. The summed E-state index contributed by atoms with van der Waals surface area (Å²) in [7, 11) is 1.82. The molecule has 36 heavy (non-hydrogen) atoms. The number of hydrogen-bond donors (Lipinski definition) is 3. The van der Waals surface area contributed by atoms with Crippen LogP contribution in [0.25, 0.3) is 0 Å². The zero-order valence-electron chi connectivity index (χ0n) is 22.9. The first-order valence-corrected chi connectivity index (χ1v) is 12.4. The molecule has 1 fully saturated rings. The van der Waals surface area contributed by atoms with Crippen LogP contribution in [0.3, 0.4) is 0 Å². The lowest BCUT2D eigenvalue weighted by Gasteiger charge is -2.48. The minimum atomic E-state index is -2.44. The van der Waals surface area contributed by atoms with Gasteiger partial charge in [-0.25, -0.2) is 0 Å². The number of benzene rings is 1. The molecule has 3 N–H and O–H groups in total. The Bertz CT molecular complexity index is 808. The van der Waals surface area contributed by atoms with Gasteiger partial charge >= 0.3 is 0 Å². The quantitative estimate of drug-likeness (QED) is 0.332. The van der Waals surface area contributed by atoms with Crippen molar-refractivity contribution >= 4 is 17.6 Å². The van der Waals surface area contributed by atoms with Gasteiger partial charge in [-0.2, -0.15) is 0 Å². The molecule has 1 aliphatic rings. The van der Waals surface area contributed by atoms with Crippen LogP contribution in [0.2, 0.25) is 0 Å². The Morgan fingerprint density at radius 3 is 1.64 bits per heavy atom. The number of carbonyl (C=O) groups excluding carboxylic acids is 2. The monoisotopic (exact) mass is 512 g/mol. The van der Waals surface area contributed by atoms with E-state index in [1.807, 2.05) is 7.11 Å². The van der Waals surface area contributed by atoms with Crippen LogP contribution in [0, 0.1) is 0 Å². The molecule has 0 spiro atoms. The number of carboxylic acid groups (broad SMARTS) is 2. The largest absolute Gasteiger partial charge is 0.547 e. The maximum atomic E-state index is 9.63. The number of hydrogen-bond acceptors (Lipinski definition) is 8. The molecule has 0 aliphatic carbocycles. The van der Waals surface area contributed by atoms with Crippen LogP contribution < -0.4 is 24.6 Å². The second kappa shape index (κ2) is 12.8. The van der Waals surface area contributed by atoms with Gasteiger partial charge in [-0.1, -0.05) is 0 Å². The molecule has 0 bridgehead atoms. The third kappa shape index (κ3) is 7.63. The Kier molecular flexibility index (Phi) is 11.3. The minimum Gasteiger partial charge on any atom is -0.547 e. The summed E-state index contributed by atoms with van der Waals surface area (Å²) in [6.45, 7) is 19.3. The molecule has 1 saturated heterocycles. The third-order valence-electron chi connectivity index (χ3n) is 7.24. The second-order valence-corrected chi connectivity index (χ2v) is 10.6. The summed E-state index contributed by atoms with van der Waals surface area (Å²) in [6, 6.07) is 8.77. The SMILES string of the molecule is CC[N+](CC)(CC)c1ccc(O[NH+]2C(C)(C)CC(OC)CC2(C)C)cc1.O=C([O-])C(O)C(O)C(=O)[O-]. The van der Waals surface area contributed by atoms with Crippen molar-refractivity contribution in [1.82, 2.24) is 4.48 Å². The molecular weight excluding hydrogens is 468 g/mol. The van der Waals surface area contributed by atoms with Gasteiger partial charge in [0.05, 0.1) is 37.7 Å². The fourth-order valence-electron chi connectivity index (χ4n) is 5.18. The average Bonchev–Trinajstić information content (AvgIpc) is 2.82. The van der Waals surface area contributed by atoms with E-state index in [1.54, 1.807) is 0 Å². The summed E-state index contributed by atoms with van der Waals surface area (Å²) in [4.78, 5) is 25.8. The number of nitrogens with zero attached hydrogens (tertiary/aromatic N) is 1. The predicted molar refractivity (Wildman–Crippen MR) is 132 cm³/mol. The number of aliphatic hydroxyl groups is 2.